The van der Waals surface area contributed by atoms with Crippen LogP contribution in [0.1, 0.15) is 48.9 Å². The molecule has 3 rings (SSSR count). The summed E-state index contributed by atoms with van der Waals surface area (Å²) in [6.07, 6.45) is 5.50. The zero-order valence-electron chi connectivity index (χ0n) is 14.4. The zero-order chi connectivity index (χ0) is 17.8. The number of carbonyl (C=O) groups is 1. The van der Waals surface area contributed by atoms with Gasteiger partial charge in [0.25, 0.3) is 0 Å². The van der Waals surface area contributed by atoms with E-state index in [0.717, 1.165) is 24.8 Å². The summed E-state index contributed by atoms with van der Waals surface area (Å²) in [7, 11) is 0. The molecule has 0 aliphatic heterocycles. The summed E-state index contributed by atoms with van der Waals surface area (Å²) in [4.78, 5) is 12.3. The Morgan fingerprint density at radius 2 is 1.72 bits per heavy atom. The maximum absolute atomic E-state index is 12.3. The van der Waals surface area contributed by atoms with Gasteiger partial charge in [0.05, 0.1) is 6.04 Å². The highest BCUT2D eigenvalue weighted by molar-refractivity contribution is 5.90. The molecular weight excluding hydrogens is 316 g/mol. The van der Waals surface area contributed by atoms with Gasteiger partial charge in [-0.2, -0.15) is 0 Å². The fraction of sp³-hybridized carbons (Fsp3) is 0.350. The van der Waals surface area contributed by atoms with Gasteiger partial charge in [0, 0.05) is 23.9 Å². The molecule has 1 aliphatic rings. The third-order valence-corrected chi connectivity index (χ3v) is 4.65. The number of phenolic OH excluding ortho intramolecular Hbond substituents is 2. The molecule has 5 heteroatoms. The minimum Gasteiger partial charge on any atom is -0.508 e. The van der Waals surface area contributed by atoms with Crippen LogP contribution >= 0.6 is 0 Å². The highest BCUT2D eigenvalue weighted by Gasteiger charge is 2.16. The fourth-order valence-corrected chi connectivity index (χ4v) is 3.38. The molecule has 0 aromatic heterocycles. The standard InChI is InChI=1S/C20H24N2O3/c1-2-19(15-8-7-13-5-3-4-6-14(13)9-15)22-20(25)21-16-10-17(23)12-18(24)11-16/h7-12,19,23-24H,2-6H2,1H3,(H2,21,22,25). The Morgan fingerprint density at radius 1 is 1.04 bits per heavy atom. The first-order chi connectivity index (χ1) is 12.0. The molecule has 0 heterocycles. The summed E-state index contributed by atoms with van der Waals surface area (Å²) in [5.41, 5.74) is 4.26. The van der Waals surface area contributed by atoms with E-state index in [9.17, 15) is 15.0 Å². The van der Waals surface area contributed by atoms with E-state index in [-0.39, 0.29) is 23.6 Å². The molecule has 1 atom stereocenters. The molecule has 5 nitrogen and oxygen atoms in total. The Kier molecular flexibility index (Phi) is 5.12. The van der Waals surface area contributed by atoms with Gasteiger partial charge >= 0.3 is 6.03 Å². The van der Waals surface area contributed by atoms with E-state index in [0.29, 0.717) is 5.69 Å². The molecule has 2 amide bonds. The number of aromatic hydroxyl groups is 2. The molecule has 0 radical (unpaired) electrons. The molecule has 0 bridgehead atoms. The molecule has 0 saturated carbocycles. The SMILES string of the molecule is CCC(NC(=O)Nc1cc(O)cc(O)c1)c1ccc2c(c1)CCCC2. The van der Waals surface area contributed by atoms with Gasteiger partial charge in [-0.1, -0.05) is 25.1 Å². The van der Waals surface area contributed by atoms with Crippen LogP contribution < -0.4 is 10.6 Å². The lowest BCUT2D eigenvalue weighted by Crippen LogP contribution is -2.32. The second-order valence-electron chi connectivity index (χ2n) is 6.53. The summed E-state index contributed by atoms with van der Waals surface area (Å²) in [6.45, 7) is 2.03. The van der Waals surface area contributed by atoms with Crippen molar-refractivity contribution >= 4 is 11.7 Å². The Morgan fingerprint density at radius 3 is 2.40 bits per heavy atom. The van der Waals surface area contributed by atoms with Crippen LogP contribution in [0.4, 0.5) is 10.5 Å². The highest BCUT2D eigenvalue weighted by Crippen LogP contribution is 2.27. The van der Waals surface area contributed by atoms with E-state index in [2.05, 4.69) is 28.8 Å². The lowest BCUT2D eigenvalue weighted by Gasteiger charge is -2.22. The van der Waals surface area contributed by atoms with E-state index in [4.69, 9.17) is 0 Å². The van der Waals surface area contributed by atoms with Crippen molar-refractivity contribution in [3.8, 4) is 11.5 Å². The number of aryl methyl sites for hydroxylation is 2. The minimum absolute atomic E-state index is 0.0851. The number of benzene rings is 2. The maximum Gasteiger partial charge on any atom is 0.319 e. The number of hydrogen-bond acceptors (Lipinski definition) is 3. The van der Waals surface area contributed by atoms with E-state index >= 15 is 0 Å². The summed E-state index contributed by atoms with van der Waals surface area (Å²) >= 11 is 0. The van der Waals surface area contributed by atoms with Crippen molar-refractivity contribution in [2.24, 2.45) is 0 Å². The van der Waals surface area contributed by atoms with E-state index in [1.165, 1.54) is 42.2 Å². The lowest BCUT2D eigenvalue weighted by molar-refractivity contribution is 0.248. The van der Waals surface area contributed by atoms with Gasteiger partial charge in [0.1, 0.15) is 11.5 Å². The number of urea groups is 1. The average molecular weight is 340 g/mol. The number of fused-ring (bicyclic) bond motifs is 1. The van der Waals surface area contributed by atoms with Crippen LogP contribution in [-0.4, -0.2) is 16.2 Å². The zero-order valence-corrected chi connectivity index (χ0v) is 14.4. The van der Waals surface area contributed by atoms with Crippen LogP contribution in [0.15, 0.2) is 36.4 Å². The molecule has 1 aliphatic carbocycles. The van der Waals surface area contributed by atoms with Crippen molar-refractivity contribution in [3.05, 3.63) is 53.1 Å². The molecule has 0 spiro atoms. The maximum atomic E-state index is 12.3. The molecular formula is C20H24N2O3. The second-order valence-corrected chi connectivity index (χ2v) is 6.53. The quantitative estimate of drug-likeness (QED) is 0.671. The van der Waals surface area contributed by atoms with Crippen LogP contribution in [-0.2, 0) is 12.8 Å². The number of amides is 2. The summed E-state index contributed by atoms with van der Waals surface area (Å²) < 4.78 is 0. The van der Waals surface area contributed by atoms with Gasteiger partial charge < -0.3 is 20.8 Å². The van der Waals surface area contributed by atoms with Crippen molar-refractivity contribution in [2.45, 2.75) is 45.1 Å². The molecule has 2 aromatic rings. The van der Waals surface area contributed by atoms with Crippen LogP contribution in [0.5, 0.6) is 11.5 Å². The van der Waals surface area contributed by atoms with E-state index < -0.39 is 0 Å². The fourth-order valence-electron chi connectivity index (χ4n) is 3.38. The van der Waals surface area contributed by atoms with E-state index in [1.807, 2.05) is 6.92 Å². The number of rotatable bonds is 4. The van der Waals surface area contributed by atoms with Crippen molar-refractivity contribution < 1.29 is 15.0 Å². The molecule has 25 heavy (non-hydrogen) atoms. The van der Waals surface area contributed by atoms with Crippen molar-refractivity contribution in [1.82, 2.24) is 5.32 Å². The number of carbonyl (C=O) groups excluding carboxylic acids is 1. The number of nitrogens with one attached hydrogen (secondary N) is 2. The molecule has 132 valence electrons. The molecule has 2 aromatic carbocycles. The Bertz CT molecular complexity index is 753. The second kappa shape index (κ2) is 7.47. The predicted molar refractivity (Wildman–Crippen MR) is 98.0 cm³/mol. The normalized spacial score (nSPS) is 14.4. The predicted octanol–water partition coefficient (Wildman–Crippen LogP) is 4.25. The highest BCUT2D eigenvalue weighted by atomic mass is 16.3. The Balaban J connectivity index is 1.70. The Labute approximate surface area is 147 Å². The van der Waals surface area contributed by atoms with Crippen LogP contribution in [0, 0.1) is 0 Å². The van der Waals surface area contributed by atoms with Gasteiger partial charge in [-0.3, -0.25) is 0 Å². The van der Waals surface area contributed by atoms with Crippen molar-refractivity contribution in [2.75, 3.05) is 5.32 Å². The molecule has 4 N–H and O–H groups in total. The molecule has 1 unspecified atom stereocenters. The Hall–Kier alpha value is -2.69. The third kappa shape index (κ3) is 4.24. The average Bonchev–Trinajstić information content (AvgIpc) is 2.58. The third-order valence-electron chi connectivity index (χ3n) is 4.65. The largest absolute Gasteiger partial charge is 0.508 e. The molecule has 0 fully saturated rings. The van der Waals surface area contributed by atoms with Gasteiger partial charge in [-0.15, -0.1) is 0 Å². The van der Waals surface area contributed by atoms with Crippen molar-refractivity contribution in [1.29, 1.82) is 0 Å². The van der Waals surface area contributed by atoms with E-state index in [1.54, 1.807) is 0 Å². The van der Waals surface area contributed by atoms with Gasteiger partial charge in [0.15, 0.2) is 0 Å². The monoisotopic (exact) mass is 340 g/mol. The first-order valence-electron chi connectivity index (χ1n) is 8.77. The topological polar surface area (TPSA) is 81.6 Å². The summed E-state index contributed by atoms with van der Waals surface area (Å²) in [5, 5.41) is 24.6. The summed E-state index contributed by atoms with van der Waals surface area (Å²) in [5.74, 6) is -0.200. The van der Waals surface area contributed by atoms with Crippen LogP contribution in [0.25, 0.3) is 0 Å². The smallest absolute Gasteiger partial charge is 0.319 e. The molecule has 0 saturated heterocycles. The van der Waals surface area contributed by atoms with Crippen LogP contribution in [0.3, 0.4) is 0 Å². The van der Waals surface area contributed by atoms with Gasteiger partial charge in [0.2, 0.25) is 0 Å². The van der Waals surface area contributed by atoms with Crippen LogP contribution in [0.2, 0.25) is 0 Å². The first kappa shape index (κ1) is 17.1. The van der Waals surface area contributed by atoms with Gasteiger partial charge in [-0.25, -0.2) is 4.79 Å². The number of anilines is 1. The lowest BCUT2D eigenvalue weighted by atomic mass is 9.89. The summed E-state index contributed by atoms with van der Waals surface area (Å²) in [6, 6.07) is 10.0. The number of hydrogen-bond donors (Lipinski definition) is 4. The van der Waals surface area contributed by atoms with Gasteiger partial charge in [-0.05, 0) is 48.8 Å². The number of phenols is 2. The van der Waals surface area contributed by atoms with Crippen molar-refractivity contribution in [3.63, 3.8) is 0 Å². The minimum atomic E-state index is -0.366. The first-order valence-corrected chi connectivity index (χ1v) is 8.77.